The van der Waals surface area contributed by atoms with E-state index in [-0.39, 0.29) is 11.6 Å². The molecule has 2 N–H and O–H groups in total. The zero-order chi connectivity index (χ0) is 13.7. The lowest BCUT2D eigenvalue weighted by Crippen LogP contribution is -2.31. The molecule has 0 radical (unpaired) electrons. The zero-order valence-electron chi connectivity index (χ0n) is 10.2. The first kappa shape index (κ1) is 13.9. The average molecular weight is 253 g/mol. The molecule has 0 bridgehead atoms. The Hall–Kier alpha value is -2.18. The van der Waals surface area contributed by atoms with Crippen LogP contribution < -0.4 is 5.32 Å². The van der Waals surface area contributed by atoms with Crippen LogP contribution in [0.4, 0.5) is 11.5 Å². The number of rotatable bonds is 6. The predicted octanol–water partition coefficient (Wildman–Crippen LogP) is 1.90. The minimum absolute atomic E-state index is 0.128. The second-order valence-corrected chi connectivity index (χ2v) is 4.32. The molecule has 1 heterocycles. The molecule has 7 heteroatoms. The van der Waals surface area contributed by atoms with Gasteiger partial charge in [0.15, 0.2) is 0 Å². The molecule has 1 aromatic rings. The van der Waals surface area contributed by atoms with Crippen molar-refractivity contribution in [2.45, 2.75) is 26.3 Å². The molecule has 1 atom stereocenters. The van der Waals surface area contributed by atoms with E-state index in [0.29, 0.717) is 12.2 Å². The summed E-state index contributed by atoms with van der Waals surface area (Å²) in [5.74, 6) is -0.436. The molecule has 0 fully saturated rings. The third-order valence-electron chi connectivity index (χ3n) is 2.29. The molecule has 0 saturated carbocycles. The number of pyridine rings is 1. The van der Waals surface area contributed by atoms with Gasteiger partial charge in [0.25, 0.3) is 5.69 Å². The monoisotopic (exact) mass is 253 g/mol. The summed E-state index contributed by atoms with van der Waals surface area (Å²) in [6.07, 6.45) is 1.55. The van der Waals surface area contributed by atoms with Gasteiger partial charge in [-0.3, -0.25) is 10.1 Å². The molecule has 0 unspecified atom stereocenters. The number of carboxylic acid groups (broad SMARTS) is 1. The largest absolute Gasteiger partial charge is 0.480 e. The van der Waals surface area contributed by atoms with Gasteiger partial charge in [-0.05, 0) is 18.4 Å². The normalized spacial score (nSPS) is 12.2. The first-order chi connectivity index (χ1) is 8.40. The fourth-order valence-electron chi connectivity index (χ4n) is 1.45. The summed E-state index contributed by atoms with van der Waals surface area (Å²) in [6, 6.07) is 1.93. The number of aromatic nitrogens is 1. The van der Waals surface area contributed by atoms with Crippen LogP contribution in [0.5, 0.6) is 0 Å². The highest BCUT2D eigenvalue weighted by Gasteiger charge is 2.19. The number of carboxylic acids is 1. The maximum Gasteiger partial charge on any atom is 0.326 e. The van der Waals surface area contributed by atoms with Crippen molar-refractivity contribution < 1.29 is 14.8 Å². The molecule has 98 valence electrons. The van der Waals surface area contributed by atoms with Crippen LogP contribution >= 0.6 is 0 Å². The van der Waals surface area contributed by atoms with Crippen molar-refractivity contribution in [1.29, 1.82) is 0 Å². The van der Waals surface area contributed by atoms with E-state index in [1.807, 2.05) is 13.8 Å². The molecule has 7 nitrogen and oxygen atoms in total. The molecule has 0 aromatic carbocycles. The van der Waals surface area contributed by atoms with Crippen LogP contribution in [-0.2, 0) is 4.79 Å². The Bertz CT molecular complexity index is 430. The predicted molar refractivity (Wildman–Crippen MR) is 65.4 cm³/mol. The van der Waals surface area contributed by atoms with Gasteiger partial charge in [-0.15, -0.1) is 0 Å². The number of hydrogen-bond acceptors (Lipinski definition) is 5. The number of anilines is 1. The van der Waals surface area contributed by atoms with Crippen molar-refractivity contribution in [3.8, 4) is 0 Å². The number of hydrogen-bond donors (Lipinski definition) is 2. The smallest absolute Gasteiger partial charge is 0.326 e. The van der Waals surface area contributed by atoms with Gasteiger partial charge in [0.2, 0.25) is 0 Å². The van der Waals surface area contributed by atoms with Crippen LogP contribution in [0, 0.1) is 16.0 Å². The zero-order valence-corrected chi connectivity index (χ0v) is 10.2. The van der Waals surface area contributed by atoms with Crippen molar-refractivity contribution in [2.75, 3.05) is 5.32 Å². The molecular weight excluding hydrogens is 238 g/mol. The number of carbonyl (C=O) groups is 1. The van der Waals surface area contributed by atoms with Crippen molar-refractivity contribution in [2.24, 2.45) is 5.92 Å². The van der Waals surface area contributed by atoms with Gasteiger partial charge in [0, 0.05) is 6.07 Å². The number of aliphatic carboxylic acids is 1. The van der Waals surface area contributed by atoms with Gasteiger partial charge in [-0.2, -0.15) is 0 Å². The Labute approximate surface area is 104 Å². The summed E-state index contributed by atoms with van der Waals surface area (Å²) < 4.78 is 0. The van der Waals surface area contributed by atoms with Gasteiger partial charge in [-0.1, -0.05) is 13.8 Å². The fraction of sp³-hybridized carbons (Fsp3) is 0.455. The Morgan fingerprint density at radius 1 is 1.56 bits per heavy atom. The third-order valence-corrected chi connectivity index (χ3v) is 2.29. The fourth-order valence-corrected chi connectivity index (χ4v) is 1.45. The van der Waals surface area contributed by atoms with E-state index in [0.717, 1.165) is 6.20 Å². The minimum atomic E-state index is -0.969. The second kappa shape index (κ2) is 5.95. The summed E-state index contributed by atoms with van der Waals surface area (Å²) in [7, 11) is 0. The molecular formula is C11H15N3O4. The van der Waals surface area contributed by atoms with E-state index in [9.17, 15) is 14.9 Å². The Kier molecular flexibility index (Phi) is 4.59. The van der Waals surface area contributed by atoms with Crippen molar-refractivity contribution in [1.82, 2.24) is 4.98 Å². The van der Waals surface area contributed by atoms with Gasteiger partial charge in [0.1, 0.15) is 18.1 Å². The number of nitro groups is 1. The summed E-state index contributed by atoms with van der Waals surface area (Å²) in [5.41, 5.74) is -0.128. The van der Waals surface area contributed by atoms with E-state index in [1.54, 1.807) is 0 Å². The summed E-state index contributed by atoms with van der Waals surface area (Å²) in [4.78, 5) is 24.7. The van der Waals surface area contributed by atoms with Crippen LogP contribution in [0.15, 0.2) is 18.3 Å². The quantitative estimate of drug-likeness (QED) is 0.592. The van der Waals surface area contributed by atoms with Crippen LogP contribution in [0.1, 0.15) is 20.3 Å². The summed E-state index contributed by atoms with van der Waals surface area (Å²) >= 11 is 0. The van der Waals surface area contributed by atoms with Crippen molar-refractivity contribution >= 4 is 17.5 Å². The van der Waals surface area contributed by atoms with Crippen LogP contribution in [0.3, 0.4) is 0 Å². The Morgan fingerprint density at radius 2 is 2.22 bits per heavy atom. The Balaban J connectivity index is 2.75. The van der Waals surface area contributed by atoms with Crippen molar-refractivity contribution in [3.05, 3.63) is 28.4 Å². The molecule has 1 rings (SSSR count). The van der Waals surface area contributed by atoms with Crippen LogP contribution in [0.2, 0.25) is 0 Å². The van der Waals surface area contributed by atoms with Gasteiger partial charge >= 0.3 is 5.97 Å². The van der Waals surface area contributed by atoms with E-state index in [2.05, 4.69) is 10.3 Å². The van der Waals surface area contributed by atoms with E-state index < -0.39 is 16.9 Å². The lowest BCUT2D eigenvalue weighted by atomic mass is 10.0. The average Bonchev–Trinajstić information content (AvgIpc) is 2.28. The molecule has 0 saturated heterocycles. The SMILES string of the molecule is CC(C)C[C@@H](Nc1ccc([N+](=O)[O-])cn1)C(=O)O. The molecule has 0 amide bonds. The highest BCUT2D eigenvalue weighted by molar-refractivity contribution is 5.76. The molecule has 0 aliphatic heterocycles. The Morgan fingerprint density at radius 3 is 2.61 bits per heavy atom. The van der Waals surface area contributed by atoms with E-state index >= 15 is 0 Å². The topological polar surface area (TPSA) is 105 Å². The van der Waals surface area contributed by atoms with E-state index in [4.69, 9.17) is 5.11 Å². The standard InChI is InChI=1S/C11H15N3O4/c1-7(2)5-9(11(15)16)13-10-4-3-8(6-12-10)14(17)18/h3-4,6-7,9H,5H2,1-2H3,(H,12,13)(H,15,16)/t9-/m1/s1. The summed E-state index contributed by atoms with van der Waals surface area (Å²) in [6.45, 7) is 3.84. The van der Waals surface area contributed by atoms with Crippen LogP contribution in [-0.4, -0.2) is 27.0 Å². The van der Waals surface area contributed by atoms with Crippen molar-refractivity contribution in [3.63, 3.8) is 0 Å². The second-order valence-electron chi connectivity index (χ2n) is 4.32. The maximum absolute atomic E-state index is 11.0. The van der Waals surface area contributed by atoms with Crippen LogP contribution in [0.25, 0.3) is 0 Å². The summed E-state index contributed by atoms with van der Waals surface area (Å²) in [5, 5.41) is 22.2. The molecule has 0 aliphatic rings. The van der Waals surface area contributed by atoms with Gasteiger partial charge in [-0.25, -0.2) is 9.78 Å². The minimum Gasteiger partial charge on any atom is -0.480 e. The third kappa shape index (κ3) is 4.00. The number of nitrogens with one attached hydrogen (secondary N) is 1. The maximum atomic E-state index is 11.0. The molecule has 0 spiro atoms. The first-order valence-corrected chi connectivity index (χ1v) is 5.50. The first-order valence-electron chi connectivity index (χ1n) is 5.50. The molecule has 1 aromatic heterocycles. The highest BCUT2D eigenvalue weighted by atomic mass is 16.6. The highest BCUT2D eigenvalue weighted by Crippen LogP contribution is 2.15. The van der Waals surface area contributed by atoms with Gasteiger partial charge in [0.05, 0.1) is 4.92 Å². The number of nitrogens with zero attached hydrogens (tertiary/aromatic N) is 2. The van der Waals surface area contributed by atoms with E-state index in [1.165, 1.54) is 12.1 Å². The lowest BCUT2D eigenvalue weighted by molar-refractivity contribution is -0.385. The van der Waals surface area contributed by atoms with Gasteiger partial charge < -0.3 is 10.4 Å². The molecule has 18 heavy (non-hydrogen) atoms. The lowest BCUT2D eigenvalue weighted by Gasteiger charge is -2.16. The molecule has 0 aliphatic carbocycles.